The third kappa shape index (κ3) is 2.53. The van der Waals surface area contributed by atoms with Crippen molar-refractivity contribution in [3.05, 3.63) is 81.8 Å². The molecule has 0 amide bonds. The smallest absolute Gasteiger partial charge is 0.335 e. The maximum Gasteiger partial charge on any atom is 0.335 e. The summed E-state index contributed by atoms with van der Waals surface area (Å²) in [6.45, 7) is 2.05. The van der Waals surface area contributed by atoms with Gasteiger partial charge in [0.05, 0.1) is 5.56 Å². The Morgan fingerprint density at radius 3 is 2.27 bits per heavy atom. The van der Waals surface area contributed by atoms with Crippen LogP contribution in [-0.4, -0.2) is 11.1 Å². The molecule has 0 unspecified atom stereocenters. The van der Waals surface area contributed by atoms with Gasteiger partial charge in [-0.15, -0.1) is 0 Å². The van der Waals surface area contributed by atoms with Gasteiger partial charge >= 0.3 is 5.97 Å². The molecule has 0 aromatic heterocycles. The van der Waals surface area contributed by atoms with E-state index in [1.165, 1.54) is 0 Å². The van der Waals surface area contributed by atoms with Crippen molar-refractivity contribution in [1.29, 1.82) is 0 Å². The summed E-state index contributed by atoms with van der Waals surface area (Å²) in [6.07, 6.45) is 0. The zero-order valence-electron chi connectivity index (χ0n) is 12.1. The van der Waals surface area contributed by atoms with Crippen LogP contribution >= 0.6 is 15.9 Å². The van der Waals surface area contributed by atoms with Gasteiger partial charge in [0.2, 0.25) is 0 Å². The molecule has 3 aromatic carbocycles. The second kappa shape index (κ2) is 5.93. The van der Waals surface area contributed by atoms with Crippen LogP contribution in [0.4, 0.5) is 0 Å². The van der Waals surface area contributed by atoms with E-state index in [1.54, 1.807) is 12.1 Å². The molecule has 22 heavy (non-hydrogen) atoms. The first-order valence-electron chi connectivity index (χ1n) is 7.09. The van der Waals surface area contributed by atoms with Gasteiger partial charge in [-0.05, 0) is 34.0 Å². The zero-order chi connectivity index (χ0) is 15.7. The molecule has 3 heteroatoms. The van der Waals surface area contributed by atoms with Crippen molar-refractivity contribution in [2.45, 2.75) is 12.8 Å². The Bertz CT molecular complexity index is 855. The van der Waals surface area contributed by atoms with Crippen LogP contribution < -0.4 is 0 Å². The summed E-state index contributed by atoms with van der Waals surface area (Å²) in [5.41, 5.74) is 2.33. The van der Waals surface area contributed by atoms with Gasteiger partial charge < -0.3 is 5.11 Å². The van der Waals surface area contributed by atoms with Crippen molar-refractivity contribution in [3.8, 4) is 0 Å². The third-order valence-electron chi connectivity index (χ3n) is 4.03. The van der Waals surface area contributed by atoms with E-state index in [0.29, 0.717) is 5.56 Å². The second-order valence-corrected chi connectivity index (χ2v) is 6.15. The van der Waals surface area contributed by atoms with Crippen LogP contribution in [0.15, 0.2) is 65.1 Å². The number of rotatable bonds is 3. The molecule has 0 heterocycles. The zero-order valence-corrected chi connectivity index (χ0v) is 13.7. The largest absolute Gasteiger partial charge is 0.478 e. The Labute approximate surface area is 137 Å². The third-order valence-corrected chi connectivity index (χ3v) is 4.72. The van der Waals surface area contributed by atoms with Crippen LogP contribution in [0.2, 0.25) is 0 Å². The SMILES string of the molecule is C[C@@H](c1ccccc1C(=O)O)c1ccc(Br)c2ccccc12. The maximum absolute atomic E-state index is 11.5. The normalized spacial score (nSPS) is 12.3. The van der Waals surface area contributed by atoms with E-state index in [1.807, 2.05) is 30.3 Å². The summed E-state index contributed by atoms with van der Waals surface area (Å²) in [6, 6.07) is 19.5. The van der Waals surface area contributed by atoms with E-state index in [0.717, 1.165) is 26.4 Å². The molecule has 0 bridgehead atoms. The molecule has 0 aliphatic heterocycles. The van der Waals surface area contributed by atoms with Crippen molar-refractivity contribution in [2.75, 3.05) is 0 Å². The first kappa shape index (κ1) is 14.8. The number of carboxylic acids is 1. The van der Waals surface area contributed by atoms with Gasteiger partial charge in [0.1, 0.15) is 0 Å². The lowest BCUT2D eigenvalue weighted by Gasteiger charge is -2.18. The van der Waals surface area contributed by atoms with E-state index >= 15 is 0 Å². The number of carboxylic acid groups (broad SMARTS) is 1. The standard InChI is InChI=1S/C19H15BrO2/c1-12(13-6-2-5-9-17(13)19(21)22)14-10-11-18(20)16-8-4-3-7-15(14)16/h2-12H,1H3,(H,21,22)/t12-/m0/s1. The summed E-state index contributed by atoms with van der Waals surface area (Å²) in [4.78, 5) is 11.5. The lowest BCUT2D eigenvalue weighted by Crippen LogP contribution is -2.06. The Morgan fingerprint density at radius 2 is 1.55 bits per heavy atom. The summed E-state index contributed by atoms with van der Waals surface area (Å²) >= 11 is 3.58. The highest BCUT2D eigenvalue weighted by Crippen LogP contribution is 2.35. The fraction of sp³-hybridized carbons (Fsp3) is 0.105. The summed E-state index contributed by atoms with van der Waals surface area (Å²) in [5, 5.41) is 11.7. The Balaban J connectivity index is 2.20. The number of fused-ring (bicyclic) bond motifs is 1. The number of aromatic carboxylic acids is 1. The van der Waals surface area contributed by atoms with Crippen molar-refractivity contribution in [3.63, 3.8) is 0 Å². The van der Waals surface area contributed by atoms with Crippen LogP contribution in [0.5, 0.6) is 0 Å². The maximum atomic E-state index is 11.5. The van der Waals surface area contributed by atoms with E-state index < -0.39 is 5.97 Å². The highest BCUT2D eigenvalue weighted by atomic mass is 79.9. The molecule has 1 N–H and O–H groups in total. The van der Waals surface area contributed by atoms with Gasteiger partial charge in [0, 0.05) is 10.4 Å². The molecular weight excluding hydrogens is 340 g/mol. The van der Waals surface area contributed by atoms with E-state index in [-0.39, 0.29) is 5.92 Å². The van der Waals surface area contributed by atoms with Gasteiger partial charge in [-0.25, -0.2) is 4.79 Å². The Morgan fingerprint density at radius 1 is 0.909 bits per heavy atom. The molecule has 0 spiro atoms. The van der Waals surface area contributed by atoms with E-state index in [4.69, 9.17) is 0 Å². The van der Waals surface area contributed by atoms with Crippen LogP contribution in [-0.2, 0) is 0 Å². The molecular formula is C19H15BrO2. The lowest BCUT2D eigenvalue weighted by atomic mass is 9.87. The molecule has 110 valence electrons. The average molecular weight is 355 g/mol. The molecule has 1 atom stereocenters. The fourth-order valence-corrected chi connectivity index (χ4v) is 3.38. The highest BCUT2D eigenvalue weighted by molar-refractivity contribution is 9.10. The van der Waals surface area contributed by atoms with Crippen LogP contribution in [0.1, 0.15) is 34.3 Å². The second-order valence-electron chi connectivity index (χ2n) is 5.30. The first-order valence-corrected chi connectivity index (χ1v) is 7.88. The van der Waals surface area contributed by atoms with E-state index in [9.17, 15) is 9.90 Å². The predicted octanol–water partition coefficient (Wildman–Crippen LogP) is 5.45. The van der Waals surface area contributed by atoms with Gasteiger partial charge in [0.15, 0.2) is 0 Å². The Hall–Kier alpha value is -2.13. The fourth-order valence-electron chi connectivity index (χ4n) is 2.90. The predicted molar refractivity (Wildman–Crippen MR) is 92.6 cm³/mol. The molecule has 0 aliphatic carbocycles. The molecule has 3 aromatic rings. The molecule has 0 saturated heterocycles. The number of hydrogen-bond acceptors (Lipinski definition) is 1. The topological polar surface area (TPSA) is 37.3 Å². The van der Waals surface area contributed by atoms with Gasteiger partial charge in [0.25, 0.3) is 0 Å². The van der Waals surface area contributed by atoms with Crippen molar-refractivity contribution < 1.29 is 9.90 Å². The molecule has 0 radical (unpaired) electrons. The van der Waals surface area contributed by atoms with Gasteiger partial charge in [-0.2, -0.15) is 0 Å². The number of benzene rings is 3. The van der Waals surface area contributed by atoms with Crippen molar-refractivity contribution in [1.82, 2.24) is 0 Å². The average Bonchev–Trinajstić information content (AvgIpc) is 2.55. The minimum Gasteiger partial charge on any atom is -0.478 e. The minimum atomic E-state index is -0.885. The van der Waals surface area contributed by atoms with Crippen LogP contribution in [0.25, 0.3) is 10.8 Å². The summed E-state index contributed by atoms with van der Waals surface area (Å²) in [7, 11) is 0. The monoisotopic (exact) mass is 354 g/mol. The van der Waals surface area contributed by atoms with Crippen molar-refractivity contribution in [2.24, 2.45) is 0 Å². The number of hydrogen-bond donors (Lipinski definition) is 1. The lowest BCUT2D eigenvalue weighted by molar-refractivity contribution is 0.0695. The minimum absolute atomic E-state index is 0.00491. The van der Waals surface area contributed by atoms with Crippen LogP contribution in [0, 0.1) is 0 Å². The summed E-state index contributed by atoms with van der Waals surface area (Å²) in [5.74, 6) is -0.880. The van der Waals surface area contributed by atoms with E-state index in [2.05, 4.69) is 41.1 Å². The van der Waals surface area contributed by atoms with Gasteiger partial charge in [-0.1, -0.05) is 71.4 Å². The highest BCUT2D eigenvalue weighted by Gasteiger charge is 2.18. The number of halogens is 1. The van der Waals surface area contributed by atoms with Crippen LogP contribution in [0.3, 0.4) is 0 Å². The Kier molecular flexibility index (Phi) is 3.99. The summed E-state index contributed by atoms with van der Waals surface area (Å²) < 4.78 is 1.05. The van der Waals surface area contributed by atoms with Crippen molar-refractivity contribution >= 4 is 32.7 Å². The molecule has 0 fully saturated rings. The quantitative estimate of drug-likeness (QED) is 0.678. The first-order chi connectivity index (χ1) is 10.6. The molecule has 0 saturated carbocycles. The molecule has 2 nitrogen and oxygen atoms in total. The van der Waals surface area contributed by atoms with Gasteiger partial charge in [-0.3, -0.25) is 0 Å². The number of carbonyl (C=O) groups is 1. The molecule has 3 rings (SSSR count). The molecule has 0 aliphatic rings.